The van der Waals surface area contributed by atoms with Gasteiger partial charge >= 0.3 is 5.97 Å². The summed E-state index contributed by atoms with van der Waals surface area (Å²) in [5.41, 5.74) is 5.77. The van der Waals surface area contributed by atoms with E-state index < -0.39 is 11.9 Å². The van der Waals surface area contributed by atoms with Crippen molar-refractivity contribution in [3.8, 4) is 33.9 Å². The lowest BCUT2D eigenvalue weighted by Gasteiger charge is -2.10. The minimum absolute atomic E-state index is 0.557. The summed E-state index contributed by atoms with van der Waals surface area (Å²) in [6, 6.07) is 24.0. The van der Waals surface area contributed by atoms with Gasteiger partial charge in [0, 0.05) is 17.5 Å². The minimum Gasteiger partial charge on any atom is -0.481 e. The Morgan fingerprint density at radius 1 is 0.949 bits per heavy atom. The van der Waals surface area contributed by atoms with Crippen molar-refractivity contribution in [1.29, 1.82) is 0 Å². The van der Waals surface area contributed by atoms with Crippen molar-refractivity contribution in [3.63, 3.8) is 0 Å². The van der Waals surface area contributed by atoms with Crippen LogP contribution >= 0.6 is 0 Å². The molecule has 1 atom stereocenters. The highest BCUT2D eigenvalue weighted by molar-refractivity contribution is 5.80. The van der Waals surface area contributed by atoms with Crippen LogP contribution in [0.2, 0.25) is 0 Å². The van der Waals surface area contributed by atoms with Crippen LogP contribution in [0.5, 0.6) is 0 Å². The first-order valence-corrected chi connectivity index (χ1v) is 13.2. The average Bonchev–Trinajstić information content (AvgIpc) is 3.64. The third-order valence-electron chi connectivity index (χ3n) is 6.87. The van der Waals surface area contributed by atoms with Gasteiger partial charge in [-0.2, -0.15) is 10.3 Å². The van der Waals surface area contributed by atoms with Gasteiger partial charge in [0.05, 0.1) is 12.5 Å². The van der Waals surface area contributed by atoms with Crippen LogP contribution in [0.3, 0.4) is 0 Å². The highest BCUT2D eigenvalue weighted by Gasteiger charge is 2.17. The number of carbonyl (C=O) groups is 1. The summed E-state index contributed by atoms with van der Waals surface area (Å²) in [6.45, 7) is 4.44. The van der Waals surface area contributed by atoms with E-state index in [1.54, 1.807) is 6.92 Å². The molecule has 5 aromatic rings. The van der Waals surface area contributed by atoms with Crippen LogP contribution in [-0.2, 0) is 17.8 Å². The highest BCUT2D eigenvalue weighted by Crippen LogP contribution is 2.30. The summed E-state index contributed by atoms with van der Waals surface area (Å²) in [7, 11) is 0. The van der Waals surface area contributed by atoms with Crippen molar-refractivity contribution in [2.24, 2.45) is 0 Å². The molecule has 0 saturated carbocycles. The van der Waals surface area contributed by atoms with Gasteiger partial charge in [0.25, 0.3) is 0 Å². The number of hydrogen-bond donors (Lipinski definition) is 2. The molecular weight excluding hydrogens is 490 g/mol. The van der Waals surface area contributed by atoms with Gasteiger partial charge < -0.3 is 5.11 Å². The van der Waals surface area contributed by atoms with Gasteiger partial charge in [-0.3, -0.25) is 4.79 Å². The molecule has 0 spiro atoms. The number of nitrogens with zero attached hydrogens (tertiary/aromatic N) is 6. The maximum absolute atomic E-state index is 11.4. The Morgan fingerprint density at radius 2 is 1.67 bits per heavy atom. The molecule has 2 N–H and O–H groups in total. The first-order chi connectivity index (χ1) is 19.0. The molecule has 0 aliphatic heterocycles. The Bertz CT molecular complexity index is 1520. The molecule has 0 aliphatic carbocycles. The van der Waals surface area contributed by atoms with Crippen LogP contribution in [-0.4, -0.2) is 46.5 Å². The molecule has 1 unspecified atom stereocenters. The molecular formula is C30H31N7O2. The molecule has 9 heteroatoms. The molecule has 0 radical (unpaired) electrons. The van der Waals surface area contributed by atoms with Gasteiger partial charge in [0.1, 0.15) is 0 Å². The standard InChI is InChI=1S/C30H31N7O2/c1-3-4-5-10-27-31-29(24-17-15-22(16-18-24)20(2)30(38)39)37(34-27)19-21-11-13-23(14-12-21)25-8-6-7-9-26(25)28-32-35-36-33-28/h6-9,11-18,20H,3-5,10,19H2,1-2H3,(H,38,39)(H,32,33,35,36). The van der Waals surface area contributed by atoms with E-state index in [2.05, 4.69) is 51.8 Å². The monoisotopic (exact) mass is 521 g/mol. The van der Waals surface area contributed by atoms with Crippen molar-refractivity contribution in [2.75, 3.05) is 0 Å². The quantitative estimate of drug-likeness (QED) is 0.212. The number of unbranched alkanes of at least 4 members (excludes halogenated alkanes) is 2. The summed E-state index contributed by atoms with van der Waals surface area (Å²) in [4.78, 5) is 16.3. The number of H-pyrrole nitrogens is 1. The highest BCUT2D eigenvalue weighted by atomic mass is 16.4. The summed E-state index contributed by atoms with van der Waals surface area (Å²) >= 11 is 0. The lowest BCUT2D eigenvalue weighted by molar-refractivity contribution is -0.138. The number of hydrogen-bond acceptors (Lipinski definition) is 6. The van der Waals surface area contributed by atoms with Gasteiger partial charge in [-0.05, 0) is 40.8 Å². The summed E-state index contributed by atoms with van der Waals surface area (Å²) < 4.78 is 1.94. The molecule has 0 saturated heterocycles. The van der Waals surface area contributed by atoms with E-state index in [-0.39, 0.29) is 0 Å². The minimum atomic E-state index is -0.840. The van der Waals surface area contributed by atoms with Gasteiger partial charge in [0.15, 0.2) is 11.6 Å². The van der Waals surface area contributed by atoms with Crippen LogP contribution in [0.25, 0.3) is 33.9 Å². The lowest BCUT2D eigenvalue weighted by Crippen LogP contribution is -2.07. The third kappa shape index (κ3) is 5.93. The zero-order chi connectivity index (χ0) is 27.2. The molecule has 0 bridgehead atoms. The third-order valence-corrected chi connectivity index (χ3v) is 6.87. The van der Waals surface area contributed by atoms with Crippen molar-refractivity contribution in [3.05, 3.63) is 89.7 Å². The number of rotatable bonds is 11. The van der Waals surface area contributed by atoms with Crippen LogP contribution in [0, 0.1) is 0 Å². The SMILES string of the molecule is CCCCCc1nc(-c2ccc(C(C)C(=O)O)cc2)n(Cc2ccc(-c3ccccc3-c3nn[nH]n3)cc2)n1. The fourth-order valence-electron chi connectivity index (χ4n) is 4.58. The molecule has 0 aliphatic rings. The molecule has 5 rings (SSSR count). The number of aromatic amines is 1. The van der Waals surface area contributed by atoms with E-state index in [0.717, 1.165) is 70.7 Å². The molecule has 0 fully saturated rings. The number of carboxylic acids is 1. The van der Waals surface area contributed by atoms with E-state index in [4.69, 9.17) is 10.1 Å². The first-order valence-electron chi connectivity index (χ1n) is 13.2. The summed E-state index contributed by atoms with van der Waals surface area (Å²) in [5.74, 6) is 0.758. The molecule has 198 valence electrons. The smallest absolute Gasteiger partial charge is 0.310 e. The Kier molecular flexibility index (Phi) is 7.86. The number of tetrazole rings is 1. The summed E-state index contributed by atoms with van der Waals surface area (Å²) in [5, 5.41) is 28.7. The number of nitrogens with one attached hydrogen (secondary N) is 1. The van der Waals surface area contributed by atoms with Gasteiger partial charge in [-0.25, -0.2) is 9.67 Å². The second-order valence-electron chi connectivity index (χ2n) is 9.63. The Balaban J connectivity index is 1.42. The van der Waals surface area contributed by atoms with E-state index in [0.29, 0.717) is 12.4 Å². The van der Waals surface area contributed by atoms with Crippen LogP contribution < -0.4 is 0 Å². The fourth-order valence-corrected chi connectivity index (χ4v) is 4.58. The number of aromatic nitrogens is 7. The second kappa shape index (κ2) is 11.8. The largest absolute Gasteiger partial charge is 0.481 e. The Hall–Kier alpha value is -4.66. The topological polar surface area (TPSA) is 122 Å². The number of carboxylic acid groups (broad SMARTS) is 1. The van der Waals surface area contributed by atoms with Crippen LogP contribution in [0.1, 0.15) is 56.0 Å². The Labute approximate surface area is 227 Å². The van der Waals surface area contributed by atoms with E-state index in [1.165, 1.54) is 0 Å². The predicted octanol–water partition coefficient (Wildman–Crippen LogP) is 5.76. The van der Waals surface area contributed by atoms with Crippen molar-refractivity contribution < 1.29 is 9.90 Å². The molecule has 9 nitrogen and oxygen atoms in total. The number of benzene rings is 3. The number of aryl methyl sites for hydroxylation is 1. The number of aliphatic carboxylic acids is 1. The van der Waals surface area contributed by atoms with Crippen LogP contribution in [0.15, 0.2) is 72.8 Å². The first kappa shape index (κ1) is 26.0. The molecule has 2 heterocycles. The lowest BCUT2D eigenvalue weighted by atomic mass is 9.98. The zero-order valence-electron chi connectivity index (χ0n) is 22.1. The molecule has 0 amide bonds. The van der Waals surface area contributed by atoms with E-state index >= 15 is 0 Å². The van der Waals surface area contributed by atoms with Crippen molar-refractivity contribution >= 4 is 5.97 Å². The summed E-state index contributed by atoms with van der Waals surface area (Å²) in [6.07, 6.45) is 4.15. The van der Waals surface area contributed by atoms with Crippen LogP contribution in [0.4, 0.5) is 0 Å². The zero-order valence-corrected chi connectivity index (χ0v) is 22.1. The average molecular weight is 522 g/mol. The normalized spacial score (nSPS) is 11.9. The molecule has 39 heavy (non-hydrogen) atoms. The predicted molar refractivity (Wildman–Crippen MR) is 149 cm³/mol. The van der Waals surface area contributed by atoms with Gasteiger partial charge in [0.2, 0.25) is 5.82 Å². The van der Waals surface area contributed by atoms with Crippen molar-refractivity contribution in [2.45, 2.75) is 52.0 Å². The van der Waals surface area contributed by atoms with E-state index in [1.807, 2.05) is 53.2 Å². The van der Waals surface area contributed by atoms with Gasteiger partial charge in [-0.1, -0.05) is 92.6 Å². The second-order valence-corrected chi connectivity index (χ2v) is 9.63. The fraction of sp³-hybridized carbons (Fsp3) is 0.267. The van der Waals surface area contributed by atoms with E-state index in [9.17, 15) is 9.90 Å². The molecule has 3 aromatic carbocycles. The maximum atomic E-state index is 11.4. The van der Waals surface area contributed by atoms with Crippen molar-refractivity contribution in [1.82, 2.24) is 35.4 Å². The Morgan fingerprint density at radius 3 is 2.33 bits per heavy atom. The molecule has 2 aromatic heterocycles. The maximum Gasteiger partial charge on any atom is 0.310 e. The van der Waals surface area contributed by atoms with Gasteiger partial charge in [-0.15, -0.1) is 10.2 Å².